The minimum Gasteiger partial charge on any atom is -0.342 e. The molecule has 1 atom stereocenters. The second-order valence-electron chi connectivity index (χ2n) is 9.60. The number of hydrogen-bond donors (Lipinski definition) is 1. The molecule has 4 nitrogen and oxygen atoms in total. The number of nitrogens with zero attached hydrogens (tertiary/aromatic N) is 1. The molecule has 0 aliphatic carbocycles. The van der Waals surface area contributed by atoms with Crippen molar-refractivity contribution in [1.82, 2.24) is 4.90 Å². The van der Waals surface area contributed by atoms with Crippen molar-refractivity contribution in [3.05, 3.63) is 100 Å². The number of halogens is 1. The molecular formula is C29H29ClN2O2. The fourth-order valence-electron chi connectivity index (χ4n) is 5.65. The van der Waals surface area contributed by atoms with Gasteiger partial charge in [-0.05, 0) is 67.0 Å². The monoisotopic (exact) mass is 472 g/mol. The van der Waals surface area contributed by atoms with E-state index in [0.29, 0.717) is 31.0 Å². The molecule has 5 heteroatoms. The van der Waals surface area contributed by atoms with Crippen molar-refractivity contribution in [2.45, 2.75) is 38.0 Å². The van der Waals surface area contributed by atoms with Crippen molar-refractivity contribution in [1.29, 1.82) is 0 Å². The van der Waals surface area contributed by atoms with Crippen molar-refractivity contribution in [2.24, 2.45) is 5.92 Å². The fourth-order valence-corrected chi connectivity index (χ4v) is 5.86. The lowest BCUT2D eigenvalue weighted by Crippen LogP contribution is -2.50. The molecule has 1 saturated heterocycles. The molecule has 2 heterocycles. The van der Waals surface area contributed by atoms with Crippen LogP contribution in [0.1, 0.15) is 35.1 Å². The Hall–Kier alpha value is -3.11. The van der Waals surface area contributed by atoms with E-state index in [4.69, 9.17) is 11.6 Å². The van der Waals surface area contributed by atoms with Crippen LogP contribution in [0.15, 0.2) is 72.8 Å². The third-order valence-corrected chi connectivity index (χ3v) is 7.69. The predicted molar refractivity (Wildman–Crippen MR) is 136 cm³/mol. The maximum Gasteiger partial charge on any atom is 0.235 e. The number of amides is 2. The number of aryl methyl sites for hydroxylation is 1. The van der Waals surface area contributed by atoms with Crippen LogP contribution in [0.25, 0.3) is 0 Å². The van der Waals surface area contributed by atoms with Gasteiger partial charge in [0, 0.05) is 23.8 Å². The molecule has 3 aromatic rings. The Bertz CT molecular complexity index is 1210. The van der Waals surface area contributed by atoms with Crippen LogP contribution < -0.4 is 5.32 Å². The van der Waals surface area contributed by atoms with Crippen molar-refractivity contribution < 1.29 is 9.59 Å². The molecule has 174 valence electrons. The highest BCUT2D eigenvalue weighted by Gasteiger charge is 2.52. The van der Waals surface area contributed by atoms with E-state index >= 15 is 0 Å². The van der Waals surface area contributed by atoms with Gasteiger partial charge in [0.05, 0.1) is 11.8 Å². The second kappa shape index (κ2) is 9.27. The third-order valence-electron chi connectivity index (χ3n) is 7.45. The first-order valence-electron chi connectivity index (χ1n) is 11.9. The van der Waals surface area contributed by atoms with E-state index in [9.17, 15) is 9.59 Å². The molecule has 1 N–H and O–H groups in total. The molecule has 0 spiro atoms. The lowest BCUT2D eigenvalue weighted by atomic mass is 9.64. The first-order chi connectivity index (χ1) is 16.5. The van der Waals surface area contributed by atoms with E-state index in [-0.39, 0.29) is 17.7 Å². The molecule has 2 amide bonds. The van der Waals surface area contributed by atoms with Crippen LogP contribution in [0.4, 0.5) is 5.69 Å². The number of para-hydroxylation sites is 1. The number of likely N-dealkylation sites (tertiary alicyclic amines) is 1. The van der Waals surface area contributed by atoms with Crippen LogP contribution in [0.2, 0.25) is 5.02 Å². The molecule has 0 bridgehead atoms. The van der Waals surface area contributed by atoms with Gasteiger partial charge in [0.1, 0.15) is 0 Å². The molecular weight excluding hydrogens is 444 g/mol. The van der Waals surface area contributed by atoms with E-state index in [1.54, 1.807) is 0 Å². The highest BCUT2D eigenvalue weighted by molar-refractivity contribution is 6.30. The summed E-state index contributed by atoms with van der Waals surface area (Å²) in [5.74, 6) is 0.346. The van der Waals surface area contributed by atoms with Gasteiger partial charge in [-0.1, -0.05) is 71.8 Å². The highest BCUT2D eigenvalue weighted by atomic mass is 35.5. The van der Waals surface area contributed by atoms with Gasteiger partial charge in [-0.2, -0.15) is 0 Å². The highest BCUT2D eigenvalue weighted by Crippen LogP contribution is 2.48. The normalized spacial score (nSPS) is 20.2. The Morgan fingerprint density at radius 3 is 2.47 bits per heavy atom. The van der Waals surface area contributed by atoms with Gasteiger partial charge < -0.3 is 10.2 Å². The smallest absolute Gasteiger partial charge is 0.235 e. The first-order valence-corrected chi connectivity index (χ1v) is 12.3. The van der Waals surface area contributed by atoms with Crippen molar-refractivity contribution in [2.75, 3.05) is 18.4 Å². The maximum absolute atomic E-state index is 13.6. The van der Waals surface area contributed by atoms with Crippen molar-refractivity contribution in [3.63, 3.8) is 0 Å². The summed E-state index contributed by atoms with van der Waals surface area (Å²) in [5.41, 5.74) is 4.58. The lowest BCUT2D eigenvalue weighted by Gasteiger charge is -2.42. The Kier molecular flexibility index (Phi) is 6.18. The topological polar surface area (TPSA) is 49.4 Å². The quantitative estimate of drug-likeness (QED) is 0.528. The van der Waals surface area contributed by atoms with Crippen LogP contribution in [0.5, 0.6) is 0 Å². The van der Waals surface area contributed by atoms with Gasteiger partial charge in [0.15, 0.2) is 0 Å². The largest absolute Gasteiger partial charge is 0.342 e. The van der Waals surface area contributed by atoms with Crippen LogP contribution in [0, 0.1) is 12.8 Å². The zero-order chi connectivity index (χ0) is 23.7. The standard InChI is InChI=1S/C29H29ClN2O2/c1-20-9-11-21(12-10-20)18-27(33)32-15-13-23(14-16-32)29(19-22-5-4-6-24(30)17-22)25-7-2-3-8-26(25)31-28(29)34/h2-12,17,23H,13-16,18-19H2,1H3,(H,31,34). The number of carbonyl (C=O) groups is 2. The molecule has 0 radical (unpaired) electrons. The number of rotatable bonds is 5. The summed E-state index contributed by atoms with van der Waals surface area (Å²) in [6.45, 7) is 3.39. The zero-order valence-corrected chi connectivity index (χ0v) is 20.1. The second-order valence-corrected chi connectivity index (χ2v) is 10.0. The van der Waals surface area contributed by atoms with Crippen molar-refractivity contribution in [3.8, 4) is 0 Å². The van der Waals surface area contributed by atoms with Crippen molar-refractivity contribution >= 4 is 29.1 Å². The number of benzene rings is 3. The first kappa shape index (κ1) is 22.7. The molecule has 2 aliphatic heterocycles. The fraction of sp³-hybridized carbons (Fsp3) is 0.310. The summed E-state index contributed by atoms with van der Waals surface area (Å²) < 4.78 is 0. The summed E-state index contributed by atoms with van der Waals surface area (Å²) >= 11 is 6.28. The Labute approximate surface area is 205 Å². The Morgan fingerprint density at radius 2 is 1.74 bits per heavy atom. The van der Waals surface area contributed by atoms with Gasteiger partial charge in [0.2, 0.25) is 11.8 Å². The summed E-state index contributed by atoms with van der Waals surface area (Å²) in [5, 5.41) is 3.82. The van der Waals surface area contributed by atoms with E-state index in [1.165, 1.54) is 5.56 Å². The number of nitrogens with one attached hydrogen (secondary N) is 1. The number of anilines is 1. The minimum absolute atomic E-state index is 0.0538. The Morgan fingerprint density at radius 1 is 1.00 bits per heavy atom. The van der Waals surface area contributed by atoms with Gasteiger partial charge in [-0.25, -0.2) is 0 Å². The van der Waals surface area contributed by atoms with Crippen LogP contribution in [-0.2, 0) is 27.8 Å². The lowest BCUT2D eigenvalue weighted by molar-refractivity contribution is -0.132. The maximum atomic E-state index is 13.6. The Balaban J connectivity index is 1.38. The van der Waals surface area contributed by atoms with E-state index in [2.05, 4.69) is 11.4 Å². The van der Waals surface area contributed by atoms with Crippen LogP contribution in [-0.4, -0.2) is 29.8 Å². The molecule has 0 aromatic heterocycles. The number of fused-ring (bicyclic) bond motifs is 1. The van der Waals surface area contributed by atoms with Crippen LogP contribution in [0.3, 0.4) is 0 Å². The van der Waals surface area contributed by atoms with E-state index < -0.39 is 5.41 Å². The van der Waals surface area contributed by atoms with Gasteiger partial charge in [-0.15, -0.1) is 0 Å². The number of hydrogen-bond acceptors (Lipinski definition) is 2. The van der Waals surface area contributed by atoms with Gasteiger partial charge in [0.25, 0.3) is 0 Å². The van der Waals surface area contributed by atoms with Gasteiger partial charge in [-0.3, -0.25) is 9.59 Å². The molecule has 5 rings (SSSR count). The summed E-state index contributed by atoms with van der Waals surface area (Å²) in [7, 11) is 0. The molecule has 0 saturated carbocycles. The molecule has 34 heavy (non-hydrogen) atoms. The number of carbonyl (C=O) groups excluding carboxylic acids is 2. The summed E-state index contributed by atoms with van der Waals surface area (Å²) in [6.07, 6.45) is 2.60. The zero-order valence-electron chi connectivity index (χ0n) is 19.4. The average molecular weight is 473 g/mol. The van der Waals surface area contributed by atoms with Crippen LogP contribution >= 0.6 is 11.6 Å². The summed E-state index contributed by atoms with van der Waals surface area (Å²) in [6, 6.07) is 24.0. The predicted octanol–water partition coefficient (Wildman–Crippen LogP) is 5.56. The number of piperidine rings is 1. The van der Waals surface area contributed by atoms with Gasteiger partial charge >= 0.3 is 0 Å². The summed E-state index contributed by atoms with van der Waals surface area (Å²) in [4.78, 5) is 28.5. The molecule has 2 aliphatic rings. The third kappa shape index (κ3) is 4.23. The average Bonchev–Trinajstić information content (AvgIpc) is 3.12. The van der Waals surface area contributed by atoms with E-state index in [0.717, 1.165) is 35.2 Å². The molecule has 1 unspecified atom stereocenters. The molecule has 1 fully saturated rings. The SMILES string of the molecule is Cc1ccc(CC(=O)N2CCC(C3(Cc4cccc(Cl)c4)C(=O)Nc4ccccc43)CC2)cc1. The minimum atomic E-state index is -0.659. The molecule has 3 aromatic carbocycles. The van der Waals surface area contributed by atoms with E-state index in [1.807, 2.05) is 78.6 Å².